The third-order valence-electron chi connectivity index (χ3n) is 6.39. The summed E-state index contributed by atoms with van der Waals surface area (Å²) in [7, 11) is 0. The van der Waals surface area contributed by atoms with E-state index in [9.17, 15) is 9.59 Å². The fourth-order valence-corrected chi connectivity index (χ4v) is 2.74. The van der Waals surface area contributed by atoms with Crippen LogP contribution >= 0.6 is 0 Å². The van der Waals surface area contributed by atoms with Crippen LogP contribution in [0.25, 0.3) is 0 Å². The summed E-state index contributed by atoms with van der Waals surface area (Å²) in [6.45, 7) is 19.1. The molecule has 5 nitrogen and oxygen atoms in total. The summed E-state index contributed by atoms with van der Waals surface area (Å²) >= 11 is 0. The summed E-state index contributed by atoms with van der Waals surface area (Å²) in [5, 5.41) is 0. The van der Waals surface area contributed by atoms with Gasteiger partial charge in [-0.3, -0.25) is 4.79 Å². The Kier molecular flexibility index (Phi) is 7.17. The molecule has 0 saturated carbocycles. The van der Waals surface area contributed by atoms with Crippen LogP contribution in [0.1, 0.15) is 81.6 Å². The standard InChI is InChI=1S/C21H39NO4/c1-10-19(6,7)17(23)25-21(16(4)5)11-13-22(14-12-21)18(24)26-20(8,9)15(2)3/h15-16H,10-14H2,1-9H3. The van der Waals surface area contributed by atoms with Gasteiger partial charge in [-0.15, -0.1) is 0 Å². The molecule has 0 bridgehead atoms. The van der Waals surface area contributed by atoms with Crippen molar-refractivity contribution in [1.82, 2.24) is 4.90 Å². The lowest BCUT2D eigenvalue weighted by Crippen LogP contribution is -2.53. The number of carbonyl (C=O) groups excluding carboxylic acids is 2. The largest absolute Gasteiger partial charge is 0.458 e. The Bertz CT molecular complexity index is 500. The maximum absolute atomic E-state index is 12.6. The van der Waals surface area contributed by atoms with Crippen molar-refractivity contribution in [2.45, 2.75) is 92.8 Å². The van der Waals surface area contributed by atoms with Gasteiger partial charge >= 0.3 is 12.1 Å². The van der Waals surface area contributed by atoms with E-state index in [2.05, 4.69) is 13.8 Å². The molecule has 1 amide bonds. The van der Waals surface area contributed by atoms with Crippen LogP contribution in [0.5, 0.6) is 0 Å². The third-order valence-corrected chi connectivity index (χ3v) is 6.39. The Morgan fingerprint density at radius 2 is 1.54 bits per heavy atom. The van der Waals surface area contributed by atoms with E-state index in [4.69, 9.17) is 9.47 Å². The van der Waals surface area contributed by atoms with Gasteiger partial charge in [0.15, 0.2) is 0 Å². The zero-order valence-electron chi connectivity index (χ0n) is 18.3. The Labute approximate surface area is 159 Å². The second-order valence-electron chi connectivity index (χ2n) is 9.46. The molecule has 26 heavy (non-hydrogen) atoms. The van der Waals surface area contributed by atoms with Gasteiger partial charge in [0.05, 0.1) is 5.41 Å². The Hall–Kier alpha value is -1.26. The van der Waals surface area contributed by atoms with Gasteiger partial charge in [-0.1, -0.05) is 34.6 Å². The number of likely N-dealkylation sites (tertiary alicyclic amines) is 1. The molecule has 152 valence electrons. The summed E-state index contributed by atoms with van der Waals surface area (Å²) in [5.41, 5.74) is -1.49. The SMILES string of the molecule is CCC(C)(C)C(=O)OC1(C(C)C)CCN(C(=O)OC(C)(C)C(C)C)CC1. The molecule has 1 fully saturated rings. The molecule has 1 aliphatic rings. The van der Waals surface area contributed by atoms with E-state index in [0.29, 0.717) is 25.9 Å². The average molecular weight is 370 g/mol. The second kappa shape index (κ2) is 8.18. The monoisotopic (exact) mass is 369 g/mol. The predicted octanol–water partition coefficient (Wildman–Crippen LogP) is 5.03. The van der Waals surface area contributed by atoms with Crippen molar-refractivity contribution in [3.63, 3.8) is 0 Å². The van der Waals surface area contributed by atoms with Gasteiger partial charge in [0.25, 0.3) is 0 Å². The fourth-order valence-electron chi connectivity index (χ4n) is 2.74. The minimum absolute atomic E-state index is 0.148. The van der Waals surface area contributed by atoms with E-state index >= 15 is 0 Å². The number of ether oxygens (including phenoxy) is 2. The van der Waals surface area contributed by atoms with Gasteiger partial charge < -0.3 is 14.4 Å². The van der Waals surface area contributed by atoms with Crippen molar-refractivity contribution in [1.29, 1.82) is 0 Å². The zero-order chi connectivity index (χ0) is 20.3. The predicted molar refractivity (Wildman–Crippen MR) is 104 cm³/mol. The van der Waals surface area contributed by atoms with E-state index in [-0.39, 0.29) is 23.9 Å². The first-order valence-electron chi connectivity index (χ1n) is 9.99. The van der Waals surface area contributed by atoms with Crippen molar-refractivity contribution in [2.75, 3.05) is 13.1 Å². The number of piperidine rings is 1. The van der Waals surface area contributed by atoms with Gasteiger partial charge in [-0.25, -0.2) is 4.79 Å². The fraction of sp³-hybridized carbons (Fsp3) is 0.905. The molecule has 0 N–H and O–H groups in total. The summed E-state index contributed by atoms with van der Waals surface area (Å²) in [6.07, 6.45) is 1.75. The highest BCUT2D eigenvalue weighted by atomic mass is 16.6. The molecule has 1 heterocycles. The molecule has 1 rings (SSSR count). The van der Waals surface area contributed by atoms with Crippen LogP contribution in [0, 0.1) is 17.3 Å². The van der Waals surface area contributed by atoms with Crippen molar-refractivity contribution in [2.24, 2.45) is 17.3 Å². The first kappa shape index (κ1) is 22.8. The molecule has 5 heteroatoms. The first-order chi connectivity index (χ1) is 11.8. The van der Waals surface area contributed by atoms with Crippen LogP contribution in [0.15, 0.2) is 0 Å². The molecule has 0 atom stereocenters. The van der Waals surface area contributed by atoms with Gasteiger partial charge in [-0.2, -0.15) is 0 Å². The van der Waals surface area contributed by atoms with Crippen molar-refractivity contribution in [3.05, 3.63) is 0 Å². The van der Waals surface area contributed by atoms with Crippen LogP contribution in [0.2, 0.25) is 0 Å². The number of rotatable bonds is 6. The van der Waals surface area contributed by atoms with E-state index < -0.39 is 16.6 Å². The molecule has 1 aliphatic heterocycles. The number of esters is 1. The average Bonchev–Trinajstić information content (AvgIpc) is 2.54. The molecule has 0 aromatic heterocycles. The molecule has 0 unspecified atom stereocenters. The molecular weight excluding hydrogens is 330 g/mol. The highest BCUT2D eigenvalue weighted by Crippen LogP contribution is 2.37. The molecule has 0 aliphatic carbocycles. The lowest BCUT2D eigenvalue weighted by molar-refractivity contribution is -0.182. The Morgan fingerprint density at radius 3 is 1.92 bits per heavy atom. The second-order valence-corrected chi connectivity index (χ2v) is 9.46. The quantitative estimate of drug-likeness (QED) is 0.616. The summed E-state index contributed by atoms with van der Waals surface area (Å²) in [6, 6.07) is 0. The van der Waals surface area contributed by atoms with E-state index in [1.54, 1.807) is 4.90 Å². The smallest absolute Gasteiger partial charge is 0.410 e. The highest BCUT2D eigenvalue weighted by molar-refractivity contribution is 5.76. The highest BCUT2D eigenvalue weighted by Gasteiger charge is 2.45. The van der Waals surface area contributed by atoms with Crippen molar-refractivity contribution >= 4 is 12.1 Å². The van der Waals surface area contributed by atoms with Crippen molar-refractivity contribution < 1.29 is 19.1 Å². The number of hydrogen-bond acceptors (Lipinski definition) is 4. The van der Waals surface area contributed by atoms with Gasteiger partial charge in [0, 0.05) is 25.9 Å². The molecular formula is C21H39NO4. The number of carbonyl (C=O) groups is 2. The van der Waals surface area contributed by atoms with Gasteiger partial charge in [0.1, 0.15) is 11.2 Å². The maximum Gasteiger partial charge on any atom is 0.410 e. The zero-order valence-corrected chi connectivity index (χ0v) is 18.3. The summed E-state index contributed by atoms with van der Waals surface area (Å²) < 4.78 is 11.7. The number of hydrogen-bond donors (Lipinski definition) is 0. The van der Waals surface area contributed by atoms with Gasteiger partial charge in [0.2, 0.25) is 0 Å². The lowest BCUT2D eigenvalue weighted by atomic mass is 9.80. The number of nitrogens with zero attached hydrogens (tertiary/aromatic N) is 1. The minimum atomic E-state index is -0.506. The van der Waals surface area contributed by atoms with Crippen LogP contribution in [-0.4, -0.2) is 41.3 Å². The minimum Gasteiger partial charge on any atom is -0.458 e. The molecule has 0 radical (unpaired) electrons. The van der Waals surface area contributed by atoms with Gasteiger partial charge in [-0.05, 0) is 46.0 Å². The van der Waals surface area contributed by atoms with Crippen LogP contribution < -0.4 is 0 Å². The normalized spacial score (nSPS) is 18.2. The summed E-state index contributed by atoms with van der Waals surface area (Å²) in [4.78, 5) is 26.9. The molecule has 0 spiro atoms. The van der Waals surface area contributed by atoms with Crippen molar-refractivity contribution in [3.8, 4) is 0 Å². The maximum atomic E-state index is 12.6. The van der Waals surface area contributed by atoms with E-state index in [1.165, 1.54) is 0 Å². The first-order valence-corrected chi connectivity index (χ1v) is 9.99. The molecule has 0 aromatic carbocycles. The number of amides is 1. The van der Waals surface area contributed by atoms with Crippen LogP contribution in [0.4, 0.5) is 4.79 Å². The topological polar surface area (TPSA) is 55.8 Å². The molecule has 0 aromatic rings. The van der Waals surface area contributed by atoms with Crippen LogP contribution in [-0.2, 0) is 14.3 Å². The molecule has 1 saturated heterocycles. The lowest BCUT2D eigenvalue weighted by Gasteiger charge is -2.45. The van der Waals surface area contributed by atoms with E-state index in [1.807, 2.05) is 48.5 Å². The summed E-state index contributed by atoms with van der Waals surface area (Å²) in [5.74, 6) is 0.290. The third kappa shape index (κ3) is 5.14. The van der Waals surface area contributed by atoms with Crippen LogP contribution in [0.3, 0.4) is 0 Å². The Morgan fingerprint density at radius 1 is 1.04 bits per heavy atom. The Balaban J connectivity index is 2.78. The van der Waals surface area contributed by atoms with E-state index in [0.717, 1.165) is 6.42 Å².